The van der Waals surface area contributed by atoms with Gasteiger partial charge < -0.3 is 10.2 Å². The summed E-state index contributed by atoms with van der Waals surface area (Å²) in [5.41, 5.74) is 1.08. The Balaban J connectivity index is 2.31. The normalized spacial score (nSPS) is 15.9. The SMILES string of the molecule is O=CNc1cccc(F)c1N1CCCCC1. The van der Waals surface area contributed by atoms with Gasteiger partial charge in [0.2, 0.25) is 6.41 Å². The van der Waals surface area contributed by atoms with Gasteiger partial charge in [-0.25, -0.2) is 4.39 Å². The van der Waals surface area contributed by atoms with Crippen LogP contribution in [0.15, 0.2) is 18.2 Å². The first-order valence-corrected chi connectivity index (χ1v) is 5.56. The average Bonchev–Trinajstić information content (AvgIpc) is 2.31. The molecule has 1 aliphatic rings. The second-order valence-corrected chi connectivity index (χ2v) is 3.95. The topological polar surface area (TPSA) is 32.3 Å². The minimum atomic E-state index is -0.270. The molecule has 1 amide bonds. The Labute approximate surface area is 94.3 Å². The molecule has 1 aromatic carbocycles. The van der Waals surface area contributed by atoms with Gasteiger partial charge in [-0.3, -0.25) is 4.79 Å². The highest BCUT2D eigenvalue weighted by Gasteiger charge is 2.17. The van der Waals surface area contributed by atoms with E-state index in [1.54, 1.807) is 12.1 Å². The zero-order valence-corrected chi connectivity index (χ0v) is 9.08. The number of rotatable bonds is 3. The predicted octanol–water partition coefficient (Wildman–Crippen LogP) is 2.38. The lowest BCUT2D eigenvalue weighted by molar-refractivity contribution is -0.105. The standard InChI is InChI=1S/C12H15FN2O/c13-10-5-4-6-11(14-9-16)12(10)15-7-2-1-3-8-15/h4-6,9H,1-3,7-8H2,(H,14,16). The molecule has 86 valence electrons. The van der Waals surface area contributed by atoms with Crippen molar-refractivity contribution < 1.29 is 9.18 Å². The minimum absolute atomic E-state index is 0.270. The van der Waals surface area contributed by atoms with E-state index in [0.29, 0.717) is 17.8 Å². The van der Waals surface area contributed by atoms with Crippen molar-refractivity contribution in [2.75, 3.05) is 23.3 Å². The summed E-state index contributed by atoms with van der Waals surface area (Å²) in [5.74, 6) is -0.270. The van der Waals surface area contributed by atoms with E-state index in [-0.39, 0.29) is 5.82 Å². The van der Waals surface area contributed by atoms with Crippen LogP contribution in [-0.2, 0) is 4.79 Å². The largest absolute Gasteiger partial charge is 0.367 e. The van der Waals surface area contributed by atoms with Gasteiger partial charge >= 0.3 is 0 Å². The number of hydrogen-bond acceptors (Lipinski definition) is 2. The number of para-hydroxylation sites is 1. The molecular formula is C12H15FN2O. The molecule has 0 unspecified atom stereocenters. The molecule has 2 rings (SSSR count). The fourth-order valence-corrected chi connectivity index (χ4v) is 2.13. The first-order valence-electron chi connectivity index (χ1n) is 5.56. The van der Waals surface area contributed by atoms with Crippen LogP contribution in [0.4, 0.5) is 15.8 Å². The van der Waals surface area contributed by atoms with Crippen molar-refractivity contribution in [3.8, 4) is 0 Å². The summed E-state index contributed by atoms with van der Waals surface area (Å²) in [6, 6.07) is 4.76. The summed E-state index contributed by atoms with van der Waals surface area (Å²) in [5, 5.41) is 2.55. The maximum absolute atomic E-state index is 13.8. The van der Waals surface area contributed by atoms with Crippen molar-refractivity contribution in [1.82, 2.24) is 0 Å². The first-order chi connectivity index (χ1) is 7.83. The summed E-state index contributed by atoms with van der Waals surface area (Å²) < 4.78 is 13.8. The Morgan fingerprint density at radius 2 is 2.00 bits per heavy atom. The molecule has 0 bridgehead atoms. The smallest absolute Gasteiger partial charge is 0.211 e. The van der Waals surface area contributed by atoms with Gasteiger partial charge in [0.05, 0.1) is 11.4 Å². The number of benzene rings is 1. The molecule has 16 heavy (non-hydrogen) atoms. The highest BCUT2D eigenvalue weighted by atomic mass is 19.1. The van der Waals surface area contributed by atoms with Crippen LogP contribution in [-0.4, -0.2) is 19.5 Å². The molecule has 0 radical (unpaired) electrons. The molecular weight excluding hydrogens is 207 g/mol. The summed E-state index contributed by atoms with van der Waals surface area (Å²) in [6.07, 6.45) is 3.94. The van der Waals surface area contributed by atoms with Gasteiger partial charge in [-0.15, -0.1) is 0 Å². The maximum atomic E-state index is 13.8. The van der Waals surface area contributed by atoms with Crippen molar-refractivity contribution in [3.05, 3.63) is 24.0 Å². The van der Waals surface area contributed by atoms with Gasteiger partial charge in [0, 0.05) is 13.1 Å². The fraction of sp³-hybridized carbons (Fsp3) is 0.417. The van der Waals surface area contributed by atoms with Crippen molar-refractivity contribution in [2.45, 2.75) is 19.3 Å². The van der Waals surface area contributed by atoms with E-state index in [2.05, 4.69) is 5.32 Å². The van der Waals surface area contributed by atoms with E-state index in [4.69, 9.17) is 0 Å². The van der Waals surface area contributed by atoms with E-state index in [0.717, 1.165) is 25.9 Å². The van der Waals surface area contributed by atoms with Crippen molar-refractivity contribution in [1.29, 1.82) is 0 Å². The zero-order chi connectivity index (χ0) is 11.4. The number of halogens is 1. The molecule has 0 spiro atoms. The maximum Gasteiger partial charge on any atom is 0.211 e. The lowest BCUT2D eigenvalue weighted by Gasteiger charge is -2.30. The second-order valence-electron chi connectivity index (χ2n) is 3.95. The Bertz CT molecular complexity index is 375. The molecule has 3 nitrogen and oxygen atoms in total. The molecule has 0 atom stereocenters. The molecule has 1 aliphatic heterocycles. The molecule has 1 saturated heterocycles. The highest BCUT2D eigenvalue weighted by molar-refractivity contribution is 5.81. The van der Waals surface area contributed by atoms with Gasteiger partial charge in [0.15, 0.2) is 0 Å². The molecule has 0 aliphatic carbocycles. The van der Waals surface area contributed by atoms with Crippen LogP contribution >= 0.6 is 0 Å². The molecule has 0 saturated carbocycles. The molecule has 1 heterocycles. The van der Waals surface area contributed by atoms with Crippen molar-refractivity contribution >= 4 is 17.8 Å². The fourth-order valence-electron chi connectivity index (χ4n) is 2.13. The van der Waals surface area contributed by atoms with Crippen LogP contribution in [0.3, 0.4) is 0 Å². The van der Waals surface area contributed by atoms with Crippen LogP contribution in [0.5, 0.6) is 0 Å². The van der Waals surface area contributed by atoms with Crippen LogP contribution < -0.4 is 10.2 Å². The minimum Gasteiger partial charge on any atom is -0.367 e. The van der Waals surface area contributed by atoms with Crippen LogP contribution in [0.1, 0.15) is 19.3 Å². The third kappa shape index (κ3) is 2.15. The van der Waals surface area contributed by atoms with Gasteiger partial charge in [0.1, 0.15) is 5.82 Å². The Kier molecular flexibility index (Phi) is 3.39. The van der Waals surface area contributed by atoms with Crippen molar-refractivity contribution in [2.24, 2.45) is 0 Å². The number of carbonyl (C=O) groups excluding carboxylic acids is 1. The monoisotopic (exact) mass is 222 g/mol. The number of anilines is 2. The summed E-state index contributed by atoms with van der Waals surface area (Å²) in [6.45, 7) is 1.71. The second kappa shape index (κ2) is 4.96. The highest BCUT2D eigenvalue weighted by Crippen LogP contribution is 2.30. The lowest BCUT2D eigenvalue weighted by Crippen LogP contribution is -2.30. The van der Waals surface area contributed by atoms with Gasteiger partial charge in [-0.05, 0) is 31.4 Å². The molecule has 1 aromatic rings. The third-order valence-electron chi connectivity index (χ3n) is 2.87. The van der Waals surface area contributed by atoms with E-state index >= 15 is 0 Å². The van der Waals surface area contributed by atoms with E-state index in [1.165, 1.54) is 12.5 Å². The van der Waals surface area contributed by atoms with Crippen LogP contribution in [0, 0.1) is 5.82 Å². The summed E-state index contributed by atoms with van der Waals surface area (Å²) in [4.78, 5) is 12.5. The average molecular weight is 222 g/mol. The zero-order valence-electron chi connectivity index (χ0n) is 9.08. The molecule has 4 heteroatoms. The number of carbonyl (C=O) groups is 1. The van der Waals surface area contributed by atoms with Crippen molar-refractivity contribution in [3.63, 3.8) is 0 Å². The Morgan fingerprint density at radius 1 is 1.25 bits per heavy atom. The summed E-state index contributed by atoms with van der Waals surface area (Å²) in [7, 11) is 0. The van der Waals surface area contributed by atoms with Gasteiger partial charge in [-0.1, -0.05) is 6.07 Å². The van der Waals surface area contributed by atoms with Gasteiger partial charge in [-0.2, -0.15) is 0 Å². The number of nitrogens with one attached hydrogen (secondary N) is 1. The number of piperidine rings is 1. The quantitative estimate of drug-likeness (QED) is 0.796. The number of nitrogens with zero attached hydrogens (tertiary/aromatic N) is 1. The van der Waals surface area contributed by atoms with Crippen LogP contribution in [0.2, 0.25) is 0 Å². The van der Waals surface area contributed by atoms with Crippen LogP contribution in [0.25, 0.3) is 0 Å². The first kappa shape index (κ1) is 10.9. The molecule has 0 aromatic heterocycles. The third-order valence-corrected chi connectivity index (χ3v) is 2.87. The summed E-state index contributed by atoms with van der Waals surface area (Å²) >= 11 is 0. The predicted molar refractivity (Wildman–Crippen MR) is 62.2 cm³/mol. The van der Waals surface area contributed by atoms with E-state index in [1.807, 2.05) is 4.90 Å². The molecule has 1 fully saturated rings. The number of amides is 1. The number of hydrogen-bond donors (Lipinski definition) is 1. The molecule has 1 N–H and O–H groups in total. The lowest BCUT2D eigenvalue weighted by atomic mass is 10.1. The van der Waals surface area contributed by atoms with Gasteiger partial charge in [0.25, 0.3) is 0 Å². The van der Waals surface area contributed by atoms with E-state index < -0.39 is 0 Å². The Hall–Kier alpha value is -1.58. The Morgan fingerprint density at radius 3 is 2.69 bits per heavy atom. The van der Waals surface area contributed by atoms with E-state index in [9.17, 15) is 9.18 Å².